The molecule has 0 amide bonds. The van der Waals surface area contributed by atoms with Crippen molar-refractivity contribution >= 4 is 52.9 Å². The summed E-state index contributed by atoms with van der Waals surface area (Å²) in [6.07, 6.45) is 2.65. The molecule has 0 saturated carbocycles. The molecule has 7 nitrogen and oxygen atoms in total. The fraction of sp³-hybridized carbons (Fsp3) is 0.381. The van der Waals surface area contributed by atoms with Crippen LogP contribution in [-0.4, -0.2) is 45.8 Å². The van der Waals surface area contributed by atoms with Crippen LogP contribution in [0.1, 0.15) is 27.9 Å². The van der Waals surface area contributed by atoms with E-state index in [1.165, 1.54) is 16.0 Å². The van der Waals surface area contributed by atoms with Crippen LogP contribution in [0.3, 0.4) is 0 Å². The molecule has 166 valence electrons. The van der Waals surface area contributed by atoms with E-state index in [9.17, 15) is 0 Å². The van der Waals surface area contributed by atoms with E-state index >= 15 is 0 Å². The molecule has 0 saturated heterocycles. The number of guanidine groups is 1. The number of nitrogens with one attached hydrogen (secondary N) is 2. The van der Waals surface area contributed by atoms with Crippen molar-refractivity contribution in [3.05, 3.63) is 68.9 Å². The first-order chi connectivity index (χ1) is 14.6. The first-order valence-electron chi connectivity index (χ1n) is 9.96. The summed E-state index contributed by atoms with van der Waals surface area (Å²) in [5.41, 5.74) is 2.68. The fourth-order valence-electron chi connectivity index (χ4n) is 3.74. The number of aryl methyl sites for hydroxylation is 1. The topological polar surface area (TPSA) is 70.4 Å². The first kappa shape index (κ1) is 24.0. The summed E-state index contributed by atoms with van der Waals surface area (Å²) in [7, 11) is 3.66. The summed E-state index contributed by atoms with van der Waals surface area (Å²) in [5.74, 6) is 1.60. The number of benzene rings is 1. The van der Waals surface area contributed by atoms with E-state index in [2.05, 4.69) is 54.2 Å². The molecular weight excluding hydrogens is 545 g/mol. The summed E-state index contributed by atoms with van der Waals surface area (Å²) >= 11 is 8.00. The van der Waals surface area contributed by atoms with Crippen LogP contribution < -0.4 is 10.6 Å². The minimum atomic E-state index is 0. The number of aliphatic imine (C=N–C) groups is 1. The lowest BCUT2D eigenvalue weighted by atomic mass is 10.0. The summed E-state index contributed by atoms with van der Waals surface area (Å²) < 4.78 is 1.75. The highest BCUT2D eigenvalue weighted by molar-refractivity contribution is 14.0. The van der Waals surface area contributed by atoms with Gasteiger partial charge in [0.25, 0.3) is 0 Å². The van der Waals surface area contributed by atoms with E-state index < -0.39 is 0 Å². The van der Waals surface area contributed by atoms with Crippen LogP contribution in [0.5, 0.6) is 0 Å². The van der Waals surface area contributed by atoms with E-state index in [1.54, 1.807) is 18.1 Å². The van der Waals surface area contributed by atoms with Crippen LogP contribution in [0, 0.1) is 0 Å². The Hall–Kier alpha value is -1.69. The molecule has 3 aromatic rings. The van der Waals surface area contributed by atoms with Gasteiger partial charge in [-0.15, -0.1) is 35.3 Å². The molecule has 1 unspecified atom stereocenters. The quantitative estimate of drug-likeness (QED) is 0.269. The predicted octanol–water partition coefficient (Wildman–Crippen LogP) is 3.61. The molecule has 0 radical (unpaired) electrons. The third-order valence-electron chi connectivity index (χ3n) is 5.44. The average molecular weight is 572 g/mol. The van der Waals surface area contributed by atoms with Crippen LogP contribution in [0.2, 0.25) is 5.02 Å². The standard InChI is InChI=1S/C21H26ClN7S.HI/c1-23-21(25-12-20-26-14-27-28(20)2)24-11-18(15-3-5-17(22)6-4-15)29-9-7-19-16(13-29)8-10-30-19;/h3-6,8,10,14,18H,7,9,11-13H2,1-2H3,(H2,23,24,25);1H. The van der Waals surface area contributed by atoms with Gasteiger partial charge in [0.15, 0.2) is 5.96 Å². The molecule has 1 aromatic carbocycles. The van der Waals surface area contributed by atoms with Crippen LogP contribution in [0.4, 0.5) is 0 Å². The summed E-state index contributed by atoms with van der Waals surface area (Å²) in [5, 5.41) is 13.9. The van der Waals surface area contributed by atoms with Gasteiger partial charge in [0.2, 0.25) is 0 Å². The largest absolute Gasteiger partial charge is 0.354 e. The maximum absolute atomic E-state index is 6.14. The van der Waals surface area contributed by atoms with Crippen molar-refractivity contribution < 1.29 is 0 Å². The van der Waals surface area contributed by atoms with Gasteiger partial charge in [-0.1, -0.05) is 23.7 Å². The van der Waals surface area contributed by atoms with E-state index in [-0.39, 0.29) is 30.0 Å². The smallest absolute Gasteiger partial charge is 0.191 e. The van der Waals surface area contributed by atoms with Gasteiger partial charge in [0.1, 0.15) is 12.2 Å². The first-order valence-corrected chi connectivity index (χ1v) is 11.2. The highest BCUT2D eigenvalue weighted by atomic mass is 127. The zero-order valence-corrected chi connectivity index (χ0v) is 21.5. The zero-order valence-electron chi connectivity index (χ0n) is 17.6. The predicted molar refractivity (Wildman–Crippen MR) is 137 cm³/mol. The Labute approximate surface area is 208 Å². The Morgan fingerprint density at radius 2 is 2.06 bits per heavy atom. The lowest BCUT2D eigenvalue weighted by molar-refractivity contribution is 0.181. The van der Waals surface area contributed by atoms with E-state index in [4.69, 9.17) is 11.6 Å². The second-order valence-electron chi connectivity index (χ2n) is 7.26. The number of thiophene rings is 1. The molecule has 1 aliphatic rings. The number of halogens is 2. The van der Waals surface area contributed by atoms with Crippen molar-refractivity contribution in [1.29, 1.82) is 0 Å². The van der Waals surface area contributed by atoms with Crippen LogP contribution in [0.25, 0.3) is 0 Å². The van der Waals surface area contributed by atoms with Crippen molar-refractivity contribution in [2.45, 2.75) is 25.6 Å². The Bertz CT molecular complexity index is 1000. The highest BCUT2D eigenvalue weighted by Crippen LogP contribution is 2.30. The van der Waals surface area contributed by atoms with Crippen molar-refractivity contribution in [3.63, 3.8) is 0 Å². The van der Waals surface area contributed by atoms with Crippen molar-refractivity contribution in [2.24, 2.45) is 12.0 Å². The van der Waals surface area contributed by atoms with Crippen LogP contribution in [-0.2, 0) is 26.6 Å². The van der Waals surface area contributed by atoms with Gasteiger partial charge in [-0.25, -0.2) is 4.98 Å². The molecule has 4 rings (SSSR count). The highest BCUT2D eigenvalue weighted by Gasteiger charge is 2.25. The average Bonchev–Trinajstić information content (AvgIpc) is 3.40. The van der Waals surface area contributed by atoms with Gasteiger partial charge >= 0.3 is 0 Å². The van der Waals surface area contributed by atoms with Crippen molar-refractivity contribution in [1.82, 2.24) is 30.3 Å². The fourth-order valence-corrected chi connectivity index (χ4v) is 4.75. The normalized spacial score (nSPS) is 15.1. The maximum atomic E-state index is 6.14. The third kappa shape index (κ3) is 5.97. The lowest BCUT2D eigenvalue weighted by Crippen LogP contribution is -2.44. The van der Waals surface area contributed by atoms with Crippen LogP contribution >= 0.6 is 46.9 Å². The molecule has 2 N–H and O–H groups in total. The number of rotatable bonds is 6. The molecule has 1 atom stereocenters. The van der Waals surface area contributed by atoms with E-state index in [1.807, 2.05) is 30.5 Å². The van der Waals surface area contributed by atoms with Gasteiger partial charge in [-0.2, -0.15) is 5.10 Å². The number of hydrogen-bond acceptors (Lipinski definition) is 5. The third-order valence-corrected chi connectivity index (χ3v) is 6.71. The van der Waals surface area contributed by atoms with Gasteiger partial charge in [-0.3, -0.25) is 14.6 Å². The van der Waals surface area contributed by atoms with Gasteiger partial charge in [-0.05, 0) is 41.1 Å². The summed E-state index contributed by atoms with van der Waals surface area (Å²) in [6.45, 7) is 3.29. The zero-order chi connectivity index (χ0) is 20.9. The van der Waals surface area contributed by atoms with Crippen molar-refractivity contribution in [2.75, 3.05) is 20.1 Å². The molecule has 2 aromatic heterocycles. The van der Waals surface area contributed by atoms with Gasteiger partial charge in [0, 0.05) is 43.6 Å². The number of fused-ring (bicyclic) bond motifs is 1. The van der Waals surface area contributed by atoms with Crippen molar-refractivity contribution in [3.8, 4) is 0 Å². The summed E-state index contributed by atoms with van der Waals surface area (Å²) in [4.78, 5) is 12.7. The molecule has 0 bridgehead atoms. The molecule has 3 heterocycles. The molecule has 0 fully saturated rings. The number of nitrogens with zero attached hydrogens (tertiary/aromatic N) is 5. The number of hydrogen-bond donors (Lipinski definition) is 2. The Kier molecular flexibility index (Phi) is 8.70. The van der Waals surface area contributed by atoms with Crippen LogP contribution in [0.15, 0.2) is 47.0 Å². The second kappa shape index (κ2) is 11.3. The molecule has 1 aliphatic heterocycles. The lowest BCUT2D eigenvalue weighted by Gasteiger charge is -2.35. The van der Waals surface area contributed by atoms with E-state index in [0.717, 1.165) is 42.9 Å². The van der Waals surface area contributed by atoms with Gasteiger partial charge in [0.05, 0.1) is 12.6 Å². The Morgan fingerprint density at radius 3 is 2.77 bits per heavy atom. The Morgan fingerprint density at radius 1 is 1.26 bits per heavy atom. The molecule has 10 heteroatoms. The monoisotopic (exact) mass is 571 g/mol. The van der Waals surface area contributed by atoms with Gasteiger partial charge < -0.3 is 10.6 Å². The molecule has 0 aliphatic carbocycles. The maximum Gasteiger partial charge on any atom is 0.191 e. The SMILES string of the molecule is CN=C(NCc1ncnn1C)NCC(c1ccc(Cl)cc1)N1CCc2sccc2C1.I. The number of aromatic nitrogens is 3. The summed E-state index contributed by atoms with van der Waals surface area (Å²) in [6, 6.07) is 10.6. The minimum absolute atomic E-state index is 0. The molecule has 0 spiro atoms. The molecular formula is C21H27ClIN7S. The molecule has 31 heavy (non-hydrogen) atoms. The minimum Gasteiger partial charge on any atom is -0.354 e. The second-order valence-corrected chi connectivity index (χ2v) is 8.70. The Balaban J connectivity index is 0.00000272. The van der Waals surface area contributed by atoms with E-state index in [0.29, 0.717) is 6.54 Å².